The predicted octanol–water partition coefficient (Wildman–Crippen LogP) is 4.33. The van der Waals surface area contributed by atoms with Gasteiger partial charge < -0.3 is 9.47 Å². The molecule has 1 heterocycles. The van der Waals surface area contributed by atoms with E-state index < -0.39 is 0 Å². The van der Waals surface area contributed by atoms with Crippen LogP contribution >= 0.6 is 0 Å². The molecule has 2 fully saturated rings. The molecule has 120 valence electrons. The van der Waals surface area contributed by atoms with Gasteiger partial charge in [-0.3, -0.25) is 4.98 Å². The first-order valence-electron chi connectivity index (χ1n) is 8.07. The van der Waals surface area contributed by atoms with E-state index in [9.17, 15) is 4.39 Å². The molecule has 1 aromatic heterocycles. The van der Waals surface area contributed by atoms with Crippen LogP contribution in [0.25, 0.3) is 10.9 Å². The summed E-state index contributed by atoms with van der Waals surface area (Å²) in [5.41, 5.74) is 2.10. The second-order valence-electron chi connectivity index (χ2n) is 6.63. The zero-order valence-corrected chi connectivity index (χ0v) is 13.3. The van der Waals surface area contributed by atoms with Crippen LogP contribution in [-0.4, -0.2) is 18.2 Å². The fourth-order valence-electron chi connectivity index (χ4n) is 4.20. The van der Waals surface area contributed by atoms with Gasteiger partial charge in [-0.2, -0.15) is 0 Å². The van der Waals surface area contributed by atoms with Gasteiger partial charge >= 0.3 is 0 Å². The lowest BCUT2D eigenvalue weighted by atomic mass is 10.0. The Balaban J connectivity index is 1.48. The van der Waals surface area contributed by atoms with Crippen molar-refractivity contribution in [1.29, 1.82) is 0 Å². The fraction of sp³-hybridized carbons (Fsp3) is 0.421. The molecule has 0 N–H and O–H groups in total. The van der Waals surface area contributed by atoms with Crippen LogP contribution in [0.4, 0.5) is 4.39 Å². The van der Waals surface area contributed by atoms with Crippen LogP contribution in [0.2, 0.25) is 0 Å². The van der Waals surface area contributed by atoms with Gasteiger partial charge in [-0.25, -0.2) is 4.39 Å². The largest absolute Gasteiger partial charge is 0.504 e. The van der Waals surface area contributed by atoms with Crippen molar-refractivity contribution in [3.05, 3.63) is 48.1 Å². The fourth-order valence-corrected chi connectivity index (χ4v) is 4.20. The second kappa shape index (κ2) is 5.52. The van der Waals surface area contributed by atoms with Gasteiger partial charge in [0, 0.05) is 11.6 Å². The molecule has 0 aliphatic heterocycles. The number of halogens is 1. The molecule has 0 amide bonds. The number of rotatable bonds is 4. The van der Waals surface area contributed by atoms with Gasteiger partial charge in [0.25, 0.3) is 0 Å². The molecule has 0 unspecified atom stereocenters. The minimum atomic E-state index is -0.259. The van der Waals surface area contributed by atoms with Crippen molar-refractivity contribution in [1.82, 2.24) is 4.98 Å². The zero-order chi connectivity index (χ0) is 16.0. The van der Waals surface area contributed by atoms with E-state index in [0.717, 1.165) is 29.5 Å². The molecule has 4 heteroatoms. The quantitative estimate of drug-likeness (QED) is 0.787. The second-order valence-corrected chi connectivity index (χ2v) is 6.63. The summed E-state index contributed by atoms with van der Waals surface area (Å²) >= 11 is 0. The summed E-state index contributed by atoms with van der Waals surface area (Å²) in [6.45, 7) is 2.14. The highest BCUT2D eigenvalue weighted by Gasteiger charge is 2.57. The third kappa shape index (κ3) is 2.56. The van der Waals surface area contributed by atoms with E-state index in [-0.39, 0.29) is 11.9 Å². The number of aromatic nitrogens is 1. The molecule has 2 aliphatic carbocycles. The van der Waals surface area contributed by atoms with Crippen LogP contribution < -0.4 is 4.74 Å². The van der Waals surface area contributed by atoms with Crippen molar-refractivity contribution < 1.29 is 13.9 Å². The number of hydrogen-bond donors (Lipinski definition) is 0. The van der Waals surface area contributed by atoms with Crippen LogP contribution in [0.5, 0.6) is 5.75 Å². The normalized spacial score (nSPS) is 29.4. The average molecular weight is 313 g/mol. The molecular weight excluding hydrogens is 293 g/mol. The van der Waals surface area contributed by atoms with Gasteiger partial charge in [0.15, 0.2) is 0 Å². The number of hydrogen-bond acceptors (Lipinski definition) is 3. The van der Waals surface area contributed by atoms with E-state index >= 15 is 0 Å². The van der Waals surface area contributed by atoms with Crippen molar-refractivity contribution in [3.63, 3.8) is 0 Å². The molecule has 3 nitrogen and oxygen atoms in total. The van der Waals surface area contributed by atoms with E-state index in [1.54, 1.807) is 19.4 Å². The van der Waals surface area contributed by atoms with Gasteiger partial charge in [-0.05, 0) is 67.4 Å². The minimum Gasteiger partial charge on any atom is -0.504 e. The zero-order valence-electron chi connectivity index (χ0n) is 13.3. The van der Waals surface area contributed by atoms with Crippen LogP contribution in [-0.2, 0) is 4.74 Å². The number of methoxy groups -OCH3 is 1. The summed E-state index contributed by atoms with van der Waals surface area (Å²) < 4.78 is 24.8. The van der Waals surface area contributed by atoms with Crippen LogP contribution in [0.3, 0.4) is 0 Å². The molecule has 2 saturated carbocycles. The predicted molar refractivity (Wildman–Crippen MR) is 86.6 cm³/mol. The number of fused-ring (bicyclic) bond motifs is 2. The Kier molecular flexibility index (Phi) is 3.47. The molecule has 1 aromatic carbocycles. The molecule has 23 heavy (non-hydrogen) atoms. The Labute approximate surface area is 135 Å². The maximum absolute atomic E-state index is 13.5. The van der Waals surface area contributed by atoms with Gasteiger partial charge in [0.05, 0.1) is 25.0 Å². The number of allylic oxidation sites excluding steroid dienone is 1. The van der Waals surface area contributed by atoms with Gasteiger partial charge in [-0.1, -0.05) is 0 Å². The van der Waals surface area contributed by atoms with Crippen LogP contribution in [0.15, 0.2) is 42.3 Å². The average Bonchev–Trinajstić information content (AvgIpc) is 3.05. The highest BCUT2D eigenvalue weighted by molar-refractivity contribution is 5.84. The molecule has 4 rings (SSSR count). The first-order chi connectivity index (χ1) is 11.2. The summed E-state index contributed by atoms with van der Waals surface area (Å²) in [4.78, 5) is 4.27. The Morgan fingerprint density at radius 2 is 2.04 bits per heavy atom. The molecule has 0 bridgehead atoms. The maximum Gasteiger partial charge on any atom is 0.130 e. The van der Waals surface area contributed by atoms with Crippen LogP contribution in [0.1, 0.15) is 19.8 Å². The summed E-state index contributed by atoms with van der Waals surface area (Å²) in [6.07, 6.45) is 5.91. The number of pyridine rings is 1. The van der Waals surface area contributed by atoms with Crippen LogP contribution in [0, 0.1) is 23.6 Å². The molecular formula is C19H20FNO2. The third-order valence-corrected chi connectivity index (χ3v) is 5.19. The van der Waals surface area contributed by atoms with E-state index in [1.807, 2.05) is 12.3 Å². The van der Waals surface area contributed by atoms with Gasteiger partial charge in [0.2, 0.25) is 0 Å². The minimum absolute atomic E-state index is 0.213. The number of benzene rings is 1. The maximum atomic E-state index is 13.5. The van der Waals surface area contributed by atoms with Crippen molar-refractivity contribution in [3.8, 4) is 5.75 Å². The SMILES string of the molecule is CO/C=C(\C)[C@@H]1[C@@H]2C[C@@H](Oc3ccnc4ccc(F)cc34)C[C@@H]21. The summed E-state index contributed by atoms with van der Waals surface area (Å²) in [7, 11) is 1.70. The molecule has 0 spiro atoms. The molecule has 4 atom stereocenters. The Bertz CT molecular complexity index is 761. The number of ether oxygens (including phenoxy) is 2. The smallest absolute Gasteiger partial charge is 0.130 e. The first kappa shape index (κ1) is 14.5. The topological polar surface area (TPSA) is 31.4 Å². The highest BCUT2D eigenvalue weighted by atomic mass is 19.1. The molecule has 2 aliphatic rings. The Morgan fingerprint density at radius 3 is 2.78 bits per heavy atom. The third-order valence-electron chi connectivity index (χ3n) is 5.19. The van der Waals surface area contributed by atoms with E-state index in [2.05, 4.69) is 11.9 Å². The lowest BCUT2D eigenvalue weighted by molar-refractivity contribution is 0.191. The van der Waals surface area contributed by atoms with Crippen molar-refractivity contribution in [2.75, 3.05) is 7.11 Å². The Hall–Kier alpha value is -2.10. The summed E-state index contributed by atoms with van der Waals surface area (Å²) in [6, 6.07) is 6.46. The summed E-state index contributed by atoms with van der Waals surface area (Å²) in [5, 5.41) is 0.750. The molecule has 2 aromatic rings. The lowest BCUT2D eigenvalue weighted by Gasteiger charge is -2.18. The van der Waals surface area contributed by atoms with Crippen molar-refractivity contribution in [2.45, 2.75) is 25.9 Å². The molecule has 0 saturated heterocycles. The summed E-state index contributed by atoms with van der Waals surface area (Å²) in [5.74, 6) is 2.54. The monoisotopic (exact) mass is 313 g/mol. The standard InChI is InChI=1S/C19H20FNO2/c1-11(10-22-2)19-14-8-13(9-15(14)19)23-18-5-6-21-17-4-3-12(20)7-16(17)18/h3-7,10,13-15,19H,8-9H2,1-2H3/b11-10+/t13-,14-,15+,19-. The van der Waals surface area contributed by atoms with Crippen molar-refractivity contribution in [2.24, 2.45) is 17.8 Å². The number of nitrogens with zero attached hydrogens (tertiary/aromatic N) is 1. The van der Waals surface area contributed by atoms with Gasteiger partial charge in [-0.15, -0.1) is 0 Å². The van der Waals surface area contributed by atoms with Gasteiger partial charge in [0.1, 0.15) is 11.6 Å². The van der Waals surface area contributed by atoms with E-state index in [1.165, 1.54) is 17.7 Å². The van der Waals surface area contributed by atoms with Crippen molar-refractivity contribution >= 4 is 10.9 Å². The lowest BCUT2D eigenvalue weighted by Crippen LogP contribution is -2.16. The Morgan fingerprint density at radius 1 is 1.26 bits per heavy atom. The first-order valence-corrected chi connectivity index (χ1v) is 8.07. The van der Waals surface area contributed by atoms with E-state index in [0.29, 0.717) is 17.8 Å². The van der Waals surface area contributed by atoms with E-state index in [4.69, 9.17) is 9.47 Å². The molecule has 0 radical (unpaired) electrons. The highest BCUT2D eigenvalue weighted by Crippen LogP contribution is 2.61.